The molecule has 4 heterocycles. The zero-order valence-corrected chi connectivity index (χ0v) is 16.9. The van der Waals surface area contributed by atoms with Gasteiger partial charge >= 0.3 is 5.69 Å². The van der Waals surface area contributed by atoms with E-state index in [2.05, 4.69) is 10.2 Å². The van der Waals surface area contributed by atoms with E-state index in [1.54, 1.807) is 18.2 Å². The number of benzene rings is 1. The van der Waals surface area contributed by atoms with Gasteiger partial charge < -0.3 is 9.30 Å². The van der Waals surface area contributed by atoms with E-state index in [4.69, 9.17) is 0 Å². The van der Waals surface area contributed by atoms with Gasteiger partial charge in [-0.25, -0.2) is 18.9 Å². The van der Waals surface area contributed by atoms with Crippen molar-refractivity contribution < 1.29 is 9.18 Å². The monoisotopic (exact) mass is 419 g/mol. The quantitative estimate of drug-likeness (QED) is 0.553. The summed E-state index contributed by atoms with van der Waals surface area (Å²) in [5.74, 6) is 0.342. The topological polar surface area (TPSA) is 75.4 Å². The van der Waals surface area contributed by atoms with Gasteiger partial charge in [0.25, 0.3) is 5.91 Å². The van der Waals surface area contributed by atoms with Crippen molar-refractivity contribution in [3.8, 4) is 5.69 Å². The zero-order valence-electron chi connectivity index (χ0n) is 16.9. The van der Waals surface area contributed by atoms with Gasteiger partial charge in [-0.3, -0.25) is 4.79 Å². The second kappa shape index (κ2) is 7.86. The molecule has 0 bridgehead atoms. The SMILES string of the molecule is O=C(c1cc2ccccn2c1)N1CCC(Cc2n[nH]c(=O)n2-c2ccccc2F)CC1. The molecule has 3 aromatic heterocycles. The first-order valence-corrected chi connectivity index (χ1v) is 10.4. The van der Waals surface area contributed by atoms with Gasteiger partial charge in [0.15, 0.2) is 0 Å². The molecule has 0 unspecified atom stereocenters. The number of aromatic amines is 1. The predicted octanol–water partition coefficient (Wildman–Crippen LogP) is 3.05. The summed E-state index contributed by atoms with van der Waals surface area (Å²) in [7, 11) is 0. The van der Waals surface area contributed by atoms with Crippen LogP contribution in [0, 0.1) is 11.7 Å². The van der Waals surface area contributed by atoms with Gasteiger partial charge in [-0.2, -0.15) is 5.10 Å². The van der Waals surface area contributed by atoms with Gasteiger partial charge in [-0.1, -0.05) is 18.2 Å². The maximum atomic E-state index is 14.2. The fraction of sp³-hybridized carbons (Fsp3) is 0.261. The molecule has 1 fully saturated rings. The molecule has 1 aliphatic heterocycles. The van der Waals surface area contributed by atoms with Crippen molar-refractivity contribution >= 4 is 11.4 Å². The fourth-order valence-electron chi connectivity index (χ4n) is 4.30. The van der Waals surface area contributed by atoms with E-state index < -0.39 is 11.5 Å². The summed E-state index contributed by atoms with van der Waals surface area (Å²) in [6.07, 6.45) is 5.94. The molecule has 4 aromatic rings. The normalized spacial score (nSPS) is 14.9. The van der Waals surface area contributed by atoms with Crippen molar-refractivity contribution in [2.75, 3.05) is 13.1 Å². The molecular formula is C23H22FN5O2. The Morgan fingerprint density at radius 3 is 2.68 bits per heavy atom. The van der Waals surface area contributed by atoms with Gasteiger partial charge in [0, 0.05) is 37.4 Å². The van der Waals surface area contributed by atoms with Gasteiger partial charge in [-0.05, 0) is 49.1 Å². The van der Waals surface area contributed by atoms with Crippen molar-refractivity contribution in [2.45, 2.75) is 19.3 Å². The van der Waals surface area contributed by atoms with E-state index >= 15 is 0 Å². The Hall–Kier alpha value is -3.68. The highest BCUT2D eigenvalue weighted by molar-refractivity contribution is 5.95. The number of carbonyl (C=O) groups excluding carboxylic acids is 1. The highest BCUT2D eigenvalue weighted by Gasteiger charge is 2.26. The van der Waals surface area contributed by atoms with Crippen LogP contribution in [-0.2, 0) is 6.42 Å². The molecule has 1 amide bonds. The van der Waals surface area contributed by atoms with Gasteiger partial charge in [0.05, 0.1) is 11.3 Å². The first-order chi connectivity index (χ1) is 15.1. The third kappa shape index (κ3) is 3.65. The van der Waals surface area contributed by atoms with E-state index in [0.29, 0.717) is 30.9 Å². The first kappa shape index (κ1) is 19.3. The number of pyridine rings is 1. The van der Waals surface area contributed by atoms with Crippen molar-refractivity contribution in [1.29, 1.82) is 0 Å². The molecule has 0 spiro atoms. The molecule has 7 nitrogen and oxygen atoms in total. The largest absolute Gasteiger partial charge is 0.348 e. The second-order valence-electron chi connectivity index (χ2n) is 7.93. The summed E-state index contributed by atoms with van der Waals surface area (Å²) in [5.41, 5.74) is 1.42. The number of hydrogen-bond donors (Lipinski definition) is 1. The van der Waals surface area contributed by atoms with Crippen molar-refractivity contribution in [3.63, 3.8) is 0 Å². The number of nitrogens with zero attached hydrogens (tertiary/aromatic N) is 4. The highest BCUT2D eigenvalue weighted by atomic mass is 19.1. The smallest absolute Gasteiger partial charge is 0.339 e. The summed E-state index contributed by atoms with van der Waals surface area (Å²) in [6.45, 7) is 1.29. The second-order valence-corrected chi connectivity index (χ2v) is 7.93. The summed E-state index contributed by atoms with van der Waals surface area (Å²) in [4.78, 5) is 27.0. The van der Waals surface area contributed by atoms with Crippen LogP contribution in [-0.4, -0.2) is 43.1 Å². The van der Waals surface area contributed by atoms with E-state index in [1.807, 2.05) is 46.0 Å². The number of piperidine rings is 1. The molecule has 1 aromatic carbocycles. The average molecular weight is 419 g/mol. The molecule has 31 heavy (non-hydrogen) atoms. The minimum Gasteiger partial charge on any atom is -0.339 e. The summed E-state index contributed by atoms with van der Waals surface area (Å²) < 4.78 is 17.5. The van der Waals surface area contributed by atoms with Crippen LogP contribution in [0.4, 0.5) is 4.39 Å². The molecule has 8 heteroatoms. The molecule has 1 aliphatic rings. The lowest BCUT2D eigenvalue weighted by Gasteiger charge is -2.31. The first-order valence-electron chi connectivity index (χ1n) is 10.4. The third-order valence-electron chi connectivity index (χ3n) is 5.96. The Bertz CT molecular complexity index is 1260. The van der Waals surface area contributed by atoms with Crippen LogP contribution in [0.3, 0.4) is 0 Å². The minimum absolute atomic E-state index is 0.0326. The van der Waals surface area contributed by atoms with Gasteiger partial charge in [0.2, 0.25) is 0 Å². The molecule has 0 aliphatic carbocycles. The van der Waals surface area contributed by atoms with Crippen LogP contribution in [0.1, 0.15) is 29.0 Å². The number of hydrogen-bond acceptors (Lipinski definition) is 3. The lowest BCUT2D eigenvalue weighted by molar-refractivity contribution is 0.0690. The van der Waals surface area contributed by atoms with Crippen LogP contribution in [0.5, 0.6) is 0 Å². The number of carbonyl (C=O) groups is 1. The summed E-state index contributed by atoms with van der Waals surface area (Å²) in [5, 5.41) is 6.57. The molecular weight excluding hydrogens is 397 g/mol. The standard InChI is InChI=1S/C23H22FN5O2/c24-19-6-1-2-7-20(19)29-21(25-26-23(29)31)13-16-8-11-27(12-9-16)22(30)17-14-18-5-3-4-10-28(18)15-17/h1-7,10,14-16H,8-9,11-13H2,(H,26,31). The van der Waals surface area contributed by atoms with E-state index in [0.717, 1.165) is 18.4 Å². The van der Waals surface area contributed by atoms with Crippen molar-refractivity contribution in [3.05, 3.63) is 88.6 Å². The van der Waals surface area contributed by atoms with Gasteiger partial charge in [-0.15, -0.1) is 0 Å². The number of para-hydroxylation sites is 1. The van der Waals surface area contributed by atoms with Crippen LogP contribution in [0.2, 0.25) is 0 Å². The van der Waals surface area contributed by atoms with E-state index in [-0.39, 0.29) is 17.5 Å². The molecule has 1 N–H and O–H groups in total. The Labute approximate surface area is 177 Å². The van der Waals surface area contributed by atoms with Gasteiger partial charge in [0.1, 0.15) is 11.6 Å². The number of likely N-dealkylation sites (tertiary alicyclic amines) is 1. The summed E-state index contributed by atoms with van der Waals surface area (Å²) in [6, 6.07) is 13.9. The summed E-state index contributed by atoms with van der Waals surface area (Å²) >= 11 is 0. The molecule has 0 radical (unpaired) electrons. The van der Waals surface area contributed by atoms with Crippen molar-refractivity contribution in [2.24, 2.45) is 5.92 Å². The lowest BCUT2D eigenvalue weighted by Crippen LogP contribution is -2.39. The number of halogens is 1. The number of aromatic nitrogens is 4. The minimum atomic E-state index is -0.465. The Balaban J connectivity index is 1.27. The number of amides is 1. The average Bonchev–Trinajstić information content (AvgIpc) is 3.38. The van der Waals surface area contributed by atoms with E-state index in [9.17, 15) is 14.0 Å². The number of rotatable bonds is 4. The molecule has 158 valence electrons. The third-order valence-corrected chi connectivity index (χ3v) is 5.96. The van der Waals surface area contributed by atoms with Crippen LogP contribution in [0.15, 0.2) is 65.7 Å². The lowest BCUT2D eigenvalue weighted by atomic mass is 9.93. The Kier molecular flexibility index (Phi) is 4.89. The van der Waals surface area contributed by atoms with Crippen LogP contribution in [0.25, 0.3) is 11.2 Å². The van der Waals surface area contributed by atoms with Crippen LogP contribution >= 0.6 is 0 Å². The van der Waals surface area contributed by atoms with E-state index in [1.165, 1.54) is 10.6 Å². The number of H-pyrrole nitrogens is 1. The number of nitrogens with one attached hydrogen (secondary N) is 1. The Morgan fingerprint density at radius 2 is 1.90 bits per heavy atom. The maximum absolute atomic E-state index is 14.2. The zero-order chi connectivity index (χ0) is 21.4. The highest BCUT2D eigenvalue weighted by Crippen LogP contribution is 2.24. The number of fused-ring (bicyclic) bond motifs is 1. The maximum Gasteiger partial charge on any atom is 0.348 e. The Morgan fingerprint density at radius 1 is 1.13 bits per heavy atom. The van der Waals surface area contributed by atoms with Crippen molar-refractivity contribution in [1.82, 2.24) is 24.1 Å². The fourth-order valence-corrected chi connectivity index (χ4v) is 4.30. The van der Waals surface area contributed by atoms with Crippen LogP contribution < -0.4 is 5.69 Å². The molecule has 0 saturated carbocycles. The molecule has 5 rings (SSSR count). The molecule has 0 atom stereocenters. The predicted molar refractivity (Wildman–Crippen MR) is 114 cm³/mol. The molecule has 1 saturated heterocycles.